The summed E-state index contributed by atoms with van der Waals surface area (Å²) in [4.78, 5) is 19.4. The molecule has 0 spiro atoms. The topological polar surface area (TPSA) is 26.8 Å². The Morgan fingerprint density at radius 3 is 2.18 bits per heavy atom. The van der Waals surface area contributed by atoms with Gasteiger partial charge in [-0.2, -0.15) is 0 Å². The second kappa shape index (κ2) is 7.78. The number of nitrogens with zero attached hydrogens (tertiary/aromatic N) is 3. The Labute approximate surface area is 136 Å². The van der Waals surface area contributed by atoms with Crippen LogP contribution in [0.3, 0.4) is 0 Å². The van der Waals surface area contributed by atoms with Crippen LogP contribution in [0.5, 0.6) is 0 Å². The molecule has 1 amide bonds. The fourth-order valence-electron chi connectivity index (χ4n) is 3.80. The number of likely N-dealkylation sites (tertiary alicyclic amines) is 1. The lowest BCUT2D eigenvalue weighted by Crippen LogP contribution is -2.55. The van der Waals surface area contributed by atoms with Crippen LogP contribution in [-0.2, 0) is 4.79 Å². The van der Waals surface area contributed by atoms with E-state index in [4.69, 9.17) is 0 Å². The molecule has 0 bridgehead atoms. The molecule has 22 heavy (non-hydrogen) atoms. The summed E-state index contributed by atoms with van der Waals surface area (Å²) in [5.41, 5.74) is 0. The lowest BCUT2D eigenvalue weighted by atomic mass is 9.94. The van der Waals surface area contributed by atoms with Gasteiger partial charge in [-0.15, -0.1) is 0 Å². The smallest absolute Gasteiger partial charge is 0.225 e. The highest BCUT2D eigenvalue weighted by Crippen LogP contribution is 2.22. The molecule has 0 aliphatic carbocycles. The molecule has 2 aliphatic heterocycles. The van der Waals surface area contributed by atoms with Crippen LogP contribution in [0, 0.1) is 11.8 Å². The molecular formula is C18H35N3O. The van der Waals surface area contributed by atoms with E-state index in [1.807, 2.05) is 13.8 Å². The lowest BCUT2D eigenvalue weighted by Gasteiger charge is -2.44. The van der Waals surface area contributed by atoms with Crippen LogP contribution in [0.25, 0.3) is 0 Å². The summed E-state index contributed by atoms with van der Waals surface area (Å²) in [6, 6.07) is 1.32. The average Bonchev–Trinajstić information content (AvgIpc) is 2.49. The number of rotatable bonds is 4. The summed E-state index contributed by atoms with van der Waals surface area (Å²) in [6.45, 7) is 17.7. The van der Waals surface area contributed by atoms with Crippen LogP contribution in [0.1, 0.15) is 47.5 Å². The van der Waals surface area contributed by atoms with Gasteiger partial charge in [-0.25, -0.2) is 0 Å². The minimum atomic E-state index is 0.140. The van der Waals surface area contributed by atoms with Crippen molar-refractivity contribution in [3.63, 3.8) is 0 Å². The Kier molecular flexibility index (Phi) is 6.27. The van der Waals surface area contributed by atoms with E-state index in [2.05, 4.69) is 35.5 Å². The standard InChI is InChI=1S/C18H35N3O/c1-14(2)18(22)19-8-6-17(7-9-19)13-21-11-10-20(15(3)4)12-16(21)5/h14-17H,6-13H2,1-5H3/t16-/m1/s1. The number of hydrogen-bond acceptors (Lipinski definition) is 3. The van der Waals surface area contributed by atoms with Gasteiger partial charge in [0.1, 0.15) is 0 Å². The van der Waals surface area contributed by atoms with Crippen LogP contribution in [0.4, 0.5) is 0 Å². The highest BCUT2D eigenvalue weighted by atomic mass is 16.2. The number of carbonyl (C=O) groups is 1. The zero-order valence-corrected chi connectivity index (χ0v) is 15.2. The molecule has 0 unspecified atom stereocenters. The van der Waals surface area contributed by atoms with E-state index < -0.39 is 0 Å². The summed E-state index contributed by atoms with van der Waals surface area (Å²) in [6.07, 6.45) is 2.35. The summed E-state index contributed by atoms with van der Waals surface area (Å²) >= 11 is 0. The van der Waals surface area contributed by atoms with Gasteiger partial charge in [0.05, 0.1) is 0 Å². The predicted molar refractivity (Wildman–Crippen MR) is 91.9 cm³/mol. The second-order valence-electron chi connectivity index (χ2n) is 7.86. The molecule has 2 saturated heterocycles. The molecule has 0 aromatic heterocycles. The molecule has 4 nitrogen and oxygen atoms in total. The SMILES string of the molecule is CC(C)C(=O)N1CCC(CN2CCN(C(C)C)C[C@H]2C)CC1. The van der Waals surface area contributed by atoms with Crippen molar-refractivity contribution in [1.29, 1.82) is 0 Å². The van der Waals surface area contributed by atoms with Crippen LogP contribution in [-0.4, -0.2) is 72.0 Å². The molecule has 128 valence electrons. The van der Waals surface area contributed by atoms with Crippen molar-refractivity contribution < 1.29 is 4.79 Å². The number of carbonyl (C=O) groups excluding carboxylic acids is 1. The third-order valence-corrected chi connectivity index (χ3v) is 5.44. The molecule has 0 radical (unpaired) electrons. The van der Waals surface area contributed by atoms with Gasteiger partial charge in [0.2, 0.25) is 5.91 Å². The highest BCUT2D eigenvalue weighted by Gasteiger charge is 2.29. The van der Waals surface area contributed by atoms with E-state index in [1.54, 1.807) is 0 Å². The molecule has 0 N–H and O–H groups in total. The minimum absolute atomic E-state index is 0.140. The number of amides is 1. The highest BCUT2D eigenvalue weighted by molar-refractivity contribution is 5.78. The van der Waals surface area contributed by atoms with Gasteiger partial charge in [-0.05, 0) is 39.5 Å². The van der Waals surface area contributed by atoms with E-state index in [9.17, 15) is 4.79 Å². The van der Waals surface area contributed by atoms with Crippen molar-refractivity contribution in [3.8, 4) is 0 Å². The Bertz CT molecular complexity index is 361. The molecule has 0 aromatic rings. The van der Waals surface area contributed by atoms with Crippen molar-refractivity contribution in [2.24, 2.45) is 11.8 Å². The Hall–Kier alpha value is -0.610. The van der Waals surface area contributed by atoms with Crippen molar-refractivity contribution in [1.82, 2.24) is 14.7 Å². The van der Waals surface area contributed by atoms with Gasteiger partial charge in [-0.3, -0.25) is 14.6 Å². The first kappa shape index (κ1) is 17.7. The zero-order valence-electron chi connectivity index (χ0n) is 15.2. The fourth-order valence-corrected chi connectivity index (χ4v) is 3.80. The first-order valence-corrected chi connectivity index (χ1v) is 9.15. The largest absolute Gasteiger partial charge is 0.342 e. The third-order valence-electron chi connectivity index (χ3n) is 5.44. The monoisotopic (exact) mass is 309 g/mol. The molecule has 0 saturated carbocycles. The summed E-state index contributed by atoms with van der Waals surface area (Å²) < 4.78 is 0. The van der Waals surface area contributed by atoms with Crippen molar-refractivity contribution in [2.75, 3.05) is 39.3 Å². The number of hydrogen-bond donors (Lipinski definition) is 0. The van der Waals surface area contributed by atoms with Crippen LogP contribution in [0.15, 0.2) is 0 Å². The first-order chi connectivity index (χ1) is 10.4. The van der Waals surface area contributed by atoms with E-state index in [0.717, 1.165) is 19.0 Å². The fraction of sp³-hybridized carbons (Fsp3) is 0.944. The molecule has 2 fully saturated rings. The maximum atomic E-state index is 12.1. The zero-order chi connectivity index (χ0) is 16.3. The van der Waals surface area contributed by atoms with E-state index in [-0.39, 0.29) is 5.92 Å². The molecule has 2 rings (SSSR count). The predicted octanol–water partition coefficient (Wildman–Crippen LogP) is 2.30. The van der Waals surface area contributed by atoms with Gasteiger partial charge < -0.3 is 4.90 Å². The van der Waals surface area contributed by atoms with E-state index in [0.29, 0.717) is 18.0 Å². The normalized spacial score (nSPS) is 26.1. The van der Waals surface area contributed by atoms with Crippen molar-refractivity contribution in [3.05, 3.63) is 0 Å². The van der Waals surface area contributed by atoms with Gasteiger partial charge in [0.25, 0.3) is 0 Å². The van der Waals surface area contributed by atoms with Crippen LogP contribution >= 0.6 is 0 Å². The van der Waals surface area contributed by atoms with Crippen LogP contribution < -0.4 is 0 Å². The quantitative estimate of drug-likeness (QED) is 0.797. The van der Waals surface area contributed by atoms with Gasteiger partial charge >= 0.3 is 0 Å². The van der Waals surface area contributed by atoms with Crippen molar-refractivity contribution in [2.45, 2.75) is 59.5 Å². The molecule has 0 aromatic carbocycles. The van der Waals surface area contributed by atoms with Gasteiger partial charge in [0, 0.05) is 57.3 Å². The number of piperazine rings is 1. The minimum Gasteiger partial charge on any atom is -0.342 e. The molecule has 2 aliphatic rings. The molecule has 1 atom stereocenters. The van der Waals surface area contributed by atoms with E-state index >= 15 is 0 Å². The Morgan fingerprint density at radius 2 is 1.68 bits per heavy atom. The molecule has 4 heteroatoms. The summed E-state index contributed by atoms with van der Waals surface area (Å²) in [5.74, 6) is 1.24. The van der Waals surface area contributed by atoms with Gasteiger partial charge in [-0.1, -0.05) is 13.8 Å². The molecule has 2 heterocycles. The average molecular weight is 309 g/mol. The van der Waals surface area contributed by atoms with Gasteiger partial charge in [0.15, 0.2) is 0 Å². The third kappa shape index (κ3) is 4.45. The number of piperidine rings is 1. The maximum Gasteiger partial charge on any atom is 0.225 e. The second-order valence-corrected chi connectivity index (χ2v) is 7.86. The Morgan fingerprint density at radius 1 is 1.05 bits per heavy atom. The van der Waals surface area contributed by atoms with E-state index in [1.165, 1.54) is 39.0 Å². The first-order valence-electron chi connectivity index (χ1n) is 9.15. The summed E-state index contributed by atoms with van der Waals surface area (Å²) in [7, 11) is 0. The van der Waals surface area contributed by atoms with Crippen LogP contribution in [0.2, 0.25) is 0 Å². The Balaban J connectivity index is 1.76. The maximum absolute atomic E-state index is 12.1. The summed E-state index contributed by atoms with van der Waals surface area (Å²) in [5, 5.41) is 0. The van der Waals surface area contributed by atoms with Crippen molar-refractivity contribution >= 4 is 5.91 Å². The lowest BCUT2D eigenvalue weighted by molar-refractivity contribution is -0.136. The molecular weight excluding hydrogens is 274 g/mol.